The van der Waals surface area contributed by atoms with Crippen LogP contribution in [0, 0.1) is 5.92 Å². The van der Waals surface area contributed by atoms with Gasteiger partial charge in [0.05, 0.1) is 5.69 Å². The first-order valence-corrected chi connectivity index (χ1v) is 6.04. The molecule has 16 heavy (non-hydrogen) atoms. The molecule has 0 aromatic carbocycles. The maximum absolute atomic E-state index is 9.93. The van der Waals surface area contributed by atoms with E-state index in [0.29, 0.717) is 11.1 Å². The molecule has 88 valence electrons. The van der Waals surface area contributed by atoms with Crippen LogP contribution < -0.4 is 10.5 Å². The highest BCUT2D eigenvalue weighted by Gasteiger charge is 2.12. The fourth-order valence-corrected chi connectivity index (χ4v) is 2.02. The fourth-order valence-electron chi connectivity index (χ4n) is 1.28. The summed E-state index contributed by atoms with van der Waals surface area (Å²) in [6.07, 6.45) is 2.17. The van der Waals surface area contributed by atoms with Gasteiger partial charge < -0.3 is 10.5 Å². The molecular weight excluding hydrogens is 224 g/mol. The molecule has 5 heteroatoms. The van der Waals surface area contributed by atoms with E-state index in [1.165, 1.54) is 17.4 Å². The maximum atomic E-state index is 9.93. The maximum Gasteiger partial charge on any atom is 0.273 e. The summed E-state index contributed by atoms with van der Waals surface area (Å²) in [6.45, 7) is 4.45. The van der Waals surface area contributed by atoms with Crippen molar-refractivity contribution in [3.05, 3.63) is 17.2 Å². The van der Waals surface area contributed by atoms with Crippen molar-refractivity contribution in [2.24, 2.45) is 11.7 Å². The Balaban J connectivity index is 2.53. The second-order valence-electron chi connectivity index (χ2n) is 3.91. The number of carbonyl (C=O) groups excluding carboxylic acids is 1. The molecular formula is C11H16N2O2S. The number of ether oxygens (including phenoxy) is 1. The Kier molecular flexibility index (Phi) is 5.19. The average Bonchev–Trinajstić information content (AvgIpc) is 2.66. The number of rotatable bonds is 6. The molecule has 1 aromatic rings. The molecule has 1 atom stereocenters. The Bertz CT molecular complexity index is 370. The van der Waals surface area contributed by atoms with Gasteiger partial charge in [0.1, 0.15) is 12.5 Å². The Labute approximate surface area is 99.1 Å². The Morgan fingerprint density at radius 3 is 3.06 bits per heavy atom. The summed E-state index contributed by atoms with van der Waals surface area (Å²) >= 11 is 1.39. The largest absolute Gasteiger partial charge is 0.465 e. The minimum atomic E-state index is -0.0461. The van der Waals surface area contributed by atoms with Gasteiger partial charge in [0.2, 0.25) is 0 Å². The monoisotopic (exact) mass is 240 g/mol. The summed E-state index contributed by atoms with van der Waals surface area (Å²) in [4.78, 5) is 14.2. The topological polar surface area (TPSA) is 65.2 Å². The highest BCUT2D eigenvalue weighted by atomic mass is 32.1. The minimum absolute atomic E-state index is 0.0461. The SMILES string of the molecule is CC(C)CC(N)c1csc(OCC=C=O)n1. The zero-order valence-corrected chi connectivity index (χ0v) is 10.3. The van der Waals surface area contributed by atoms with Gasteiger partial charge in [-0.25, -0.2) is 9.78 Å². The molecule has 0 radical (unpaired) electrons. The van der Waals surface area contributed by atoms with Crippen molar-refractivity contribution in [1.29, 1.82) is 0 Å². The zero-order chi connectivity index (χ0) is 12.0. The van der Waals surface area contributed by atoms with Crippen LogP contribution in [0.4, 0.5) is 0 Å². The van der Waals surface area contributed by atoms with Gasteiger partial charge >= 0.3 is 0 Å². The molecule has 4 nitrogen and oxygen atoms in total. The van der Waals surface area contributed by atoms with Crippen molar-refractivity contribution < 1.29 is 9.53 Å². The van der Waals surface area contributed by atoms with E-state index >= 15 is 0 Å². The first-order chi connectivity index (χ1) is 7.63. The number of nitrogens with two attached hydrogens (primary N) is 1. The van der Waals surface area contributed by atoms with Gasteiger partial charge in [-0.1, -0.05) is 25.2 Å². The number of hydrogen-bond acceptors (Lipinski definition) is 5. The van der Waals surface area contributed by atoms with Crippen molar-refractivity contribution in [1.82, 2.24) is 4.98 Å². The van der Waals surface area contributed by atoms with E-state index in [1.54, 1.807) is 5.94 Å². The summed E-state index contributed by atoms with van der Waals surface area (Å²) in [7, 11) is 0. The lowest BCUT2D eigenvalue weighted by molar-refractivity contribution is 0.358. The van der Waals surface area contributed by atoms with Crippen LogP contribution in [-0.4, -0.2) is 17.5 Å². The van der Waals surface area contributed by atoms with E-state index in [2.05, 4.69) is 18.8 Å². The van der Waals surface area contributed by atoms with E-state index in [-0.39, 0.29) is 12.6 Å². The molecule has 1 rings (SSSR count). The minimum Gasteiger partial charge on any atom is -0.465 e. The van der Waals surface area contributed by atoms with Crippen molar-refractivity contribution in [2.75, 3.05) is 6.61 Å². The van der Waals surface area contributed by atoms with Crippen LogP contribution in [0.5, 0.6) is 5.19 Å². The molecule has 0 saturated carbocycles. The third kappa shape index (κ3) is 4.14. The number of nitrogens with zero attached hydrogens (tertiary/aromatic N) is 1. The Morgan fingerprint density at radius 1 is 1.69 bits per heavy atom. The van der Waals surface area contributed by atoms with Crippen molar-refractivity contribution in [3.8, 4) is 5.19 Å². The van der Waals surface area contributed by atoms with Crippen LogP contribution in [0.3, 0.4) is 0 Å². The van der Waals surface area contributed by atoms with Gasteiger partial charge in [0.15, 0.2) is 0 Å². The second-order valence-corrected chi connectivity index (χ2v) is 4.73. The fraction of sp³-hybridized carbons (Fsp3) is 0.545. The molecule has 1 heterocycles. The summed E-state index contributed by atoms with van der Waals surface area (Å²) < 4.78 is 5.22. The normalized spacial score (nSPS) is 12.2. The summed E-state index contributed by atoms with van der Waals surface area (Å²) in [6, 6.07) is -0.0461. The molecule has 1 aromatic heterocycles. The van der Waals surface area contributed by atoms with Gasteiger partial charge in [-0.05, 0) is 12.3 Å². The zero-order valence-electron chi connectivity index (χ0n) is 9.47. The third-order valence-corrected chi connectivity index (χ3v) is 2.75. The first kappa shape index (κ1) is 12.9. The molecule has 0 spiro atoms. The quantitative estimate of drug-likeness (QED) is 0.772. The van der Waals surface area contributed by atoms with Gasteiger partial charge in [0.25, 0.3) is 5.19 Å². The number of hydrogen-bond donors (Lipinski definition) is 1. The Hall–Kier alpha value is -1.16. The van der Waals surface area contributed by atoms with Gasteiger partial charge in [-0.2, -0.15) is 0 Å². The number of aromatic nitrogens is 1. The summed E-state index contributed by atoms with van der Waals surface area (Å²) in [5, 5.41) is 2.44. The van der Waals surface area contributed by atoms with Crippen LogP contribution in [0.25, 0.3) is 0 Å². The molecule has 0 aliphatic heterocycles. The van der Waals surface area contributed by atoms with Gasteiger partial charge in [0, 0.05) is 17.5 Å². The van der Waals surface area contributed by atoms with Crippen molar-refractivity contribution in [2.45, 2.75) is 26.3 Å². The molecule has 0 aliphatic carbocycles. The van der Waals surface area contributed by atoms with Crippen LogP contribution >= 0.6 is 11.3 Å². The van der Waals surface area contributed by atoms with Crippen LogP contribution in [0.1, 0.15) is 32.0 Å². The van der Waals surface area contributed by atoms with E-state index in [0.717, 1.165) is 12.1 Å². The molecule has 0 saturated heterocycles. The summed E-state index contributed by atoms with van der Waals surface area (Å²) in [5.41, 5.74) is 6.83. The first-order valence-electron chi connectivity index (χ1n) is 5.16. The lowest BCUT2D eigenvalue weighted by Gasteiger charge is -2.10. The molecule has 0 amide bonds. The molecule has 2 N–H and O–H groups in total. The van der Waals surface area contributed by atoms with Gasteiger partial charge in [-0.15, -0.1) is 0 Å². The number of thiazole rings is 1. The average molecular weight is 240 g/mol. The van der Waals surface area contributed by atoms with E-state index in [9.17, 15) is 4.79 Å². The van der Waals surface area contributed by atoms with Crippen molar-refractivity contribution in [3.63, 3.8) is 0 Å². The highest BCUT2D eigenvalue weighted by Crippen LogP contribution is 2.24. The molecule has 1 unspecified atom stereocenters. The van der Waals surface area contributed by atoms with Gasteiger partial charge in [-0.3, -0.25) is 0 Å². The van der Waals surface area contributed by atoms with Crippen LogP contribution in [0.2, 0.25) is 0 Å². The lowest BCUT2D eigenvalue weighted by Crippen LogP contribution is -2.13. The van der Waals surface area contributed by atoms with Crippen LogP contribution in [0.15, 0.2) is 11.5 Å². The van der Waals surface area contributed by atoms with E-state index in [4.69, 9.17) is 10.5 Å². The standard InChI is InChI=1S/C11H16N2O2S/c1-8(2)6-9(12)10-7-16-11(13-10)15-5-3-4-14/h3,7-9H,5-6,12H2,1-2H3. The predicted octanol–water partition coefficient (Wildman–Crippen LogP) is 1.96. The predicted molar refractivity (Wildman–Crippen MR) is 64.3 cm³/mol. The van der Waals surface area contributed by atoms with E-state index < -0.39 is 0 Å². The molecule has 0 fully saturated rings. The molecule has 0 bridgehead atoms. The highest BCUT2D eigenvalue weighted by molar-refractivity contribution is 7.11. The van der Waals surface area contributed by atoms with Crippen molar-refractivity contribution >= 4 is 17.3 Å². The van der Waals surface area contributed by atoms with E-state index in [1.807, 2.05) is 5.38 Å². The lowest BCUT2D eigenvalue weighted by atomic mass is 10.0. The second kappa shape index (κ2) is 6.43. The third-order valence-electron chi connectivity index (χ3n) is 1.98. The smallest absolute Gasteiger partial charge is 0.273 e. The summed E-state index contributed by atoms with van der Waals surface area (Å²) in [5.74, 6) is 2.19. The Morgan fingerprint density at radius 2 is 2.44 bits per heavy atom. The molecule has 0 aliphatic rings. The van der Waals surface area contributed by atoms with Crippen LogP contribution in [-0.2, 0) is 4.79 Å².